The Hall–Kier alpha value is -0.690. The molecule has 1 atom stereocenters. The molecule has 0 spiro atoms. The lowest BCUT2D eigenvalue weighted by Gasteiger charge is -2.19. The van der Waals surface area contributed by atoms with E-state index in [1.807, 2.05) is 22.2 Å². The Bertz CT molecular complexity index is 595. The highest BCUT2D eigenvalue weighted by Crippen LogP contribution is 2.38. The number of aryl methyl sites for hydroxylation is 2. The standard InChI is InChI=1S/C14H19BrN4S/c1-8(2)19-14(10(15)7-17-19)13(18-16)12-6-9-4-3-5-11(9)20-12/h6-8,13,18H,3-5,16H2,1-2H3. The average Bonchev–Trinajstić information content (AvgIpc) is 3.05. The summed E-state index contributed by atoms with van der Waals surface area (Å²) in [6.45, 7) is 4.26. The zero-order valence-corrected chi connectivity index (χ0v) is 14.1. The van der Waals surface area contributed by atoms with E-state index in [9.17, 15) is 0 Å². The van der Waals surface area contributed by atoms with E-state index in [1.165, 1.54) is 34.6 Å². The lowest BCUT2D eigenvalue weighted by Crippen LogP contribution is -2.30. The third kappa shape index (κ3) is 2.35. The monoisotopic (exact) mass is 354 g/mol. The summed E-state index contributed by atoms with van der Waals surface area (Å²) < 4.78 is 3.03. The smallest absolute Gasteiger partial charge is 0.0981 e. The number of thiophene rings is 1. The third-order valence-corrected chi connectivity index (χ3v) is 5.68. The van der Waals surface area contributed by atoms with Crippen LogP contribution in [0.3, 0.4) is 0 Å². The molecule has 1 unspecified atom stereocenters. The molecule has 0 amide bonds. The van der Waals surface area contributed by atoms with Crippen LogP contribution in [-0.4, -0.2) is 9.78 Å². The summed E-state index contributed by atoms with van der Waals surface area (Å²) >= 11 is 5.48. The SMILES string of the molecule is CC(C)n1ncc(Br)c1C(NN)c1cc2c(s1)CCC2. The minimum absolute atomic E-state index is 0.00937. The zero-order valence-electron chi connectivity index (χ0n) is 11.7. The Morgan fingerprint density at radius 3 is 2.90 bits per heavy atom. The van der Waals surface area contributed by atoms with Gasteiger partial charge >= 0.3 is 0 Å². The maximum absolute atomic E-state index is 5.85. The average molecular weight is 355 g/mol. The molecule has 0 radical (unpaired) electrons. The van der Waals surface area contributed by atoms with Gasteiger partial charge < -0.3 is 0 Å². The van der Waals surface area contributed by atoms with Crippen LogP contribution in [0.4, 0.5) is 0 Å². The maximum Gasteiger partial charge on any atom is 0.0981 e. The summed E-state index contributed by atoms with van der Waals surface area (Å²) in [4.78, 5) is 2.80. The van der Waals surface area contributed by atoms with E-state index in [1.54, 1.807) is 0 Å². The first-order chi connectivity index (χ1) is 9.61. The van der Waals surface area contributed by atoms with E-state index >= 15 is 0 Å². The number of halogens is 1. The van der Waals surface area contributed by atoms with Gasteiger partial charge in [-0.25, -0.2) is 5.43 Å². The summed E-state index contributed by atoms with van der Waals surface area (Å²) in [5.41, 5.74) is 5.56. The molecule has 0 fully saturated rings. The molecule has 0 bridgehead atoms. The molecule has 2 heterocycles. The van der Waals surface area contributed by atoms with Gasteiger partial charge in [0.05, 0.1) is 22.4 Å². The Labute approximate surface area is 131 Å². The number of fused-ring (bicyclic) bond motifs is 1. The van der Waals surface area contributed by atoms with Gasteiger partial charge in [0.1, 0.15) is 0 Å². The first kappa shape index (κ1) is 14.3. The van der Waals surface area contributed by atoms with Crippen molar-refractivity contribution in [3.05, 3.63) is 37.7 Å². The van der Waals surface area contributed by atoms with E-state index in [0.29, 0.717) is 6.04 Å². The fraction of sp³-hybridized carbons (Fsp3) is 0.500. The molecule has 0 saturated heterocycles. The van der Waals surface area contributed by atoms with Crippen LogP contribution in [0.25, 0.3) is 0 Å². The number of rotatable bonds is 4. The highest BCUT2D eigenvalue weighted by atomic mass is 79.9. The van der Waals surface area contributed by atoms with E-state index in [4.69, 9.17) is 5.84 Å². The Morgan fingerprint density at radius 1 is 1.45 bits per heavy atom. The number of aromatic nitrogens is 2. The topological polar surface area (TPSA) is 55.9 Å². The van der Waals surface area contributed by atoms with Crippen molar-refractivity contribution in [2.24, 2.45) is 5.84 Å². The van der Waals surface area contributed by atoms with Gasteiger partial charge in [0, 0.05) is 15.8 Å². The van der Waals surface area contributed by atoms with Crippen LogP contribution in [0, 0.1) is 0 Å². The van der Waals surface area contributed by atoms with Gasteiger partial charge in [-0.1, -0.05) is 0 Å². The fourth-order valence-corrected chi connectivity index (χ4v) is 4.65. The molecule has 0 aromatic carbocycles. The van der Waals surface area contributed by atoms with Crippen molar-refractivity contribution < 1.29 is 0 Å². The van der Waals surface area contributed by atoms with Crippen LogP contribution < -0.4 is 11.3 Å². The third-order valence-electron chi connectivity index (χ3n) is 3.77. The van der Waals surface area contributed by atoms with Crippen molar-refractivity contribution in [2.45, 2.75) is 45.2 Å². The summed E-state index contributed by atoms with van der Waals surface area (Å²) in [6, 6.07) is 2.60. The van der Waals surface area contributed by atoms with E-state index in [-0.39, 0.29) is 6.04 Å². The van der Waals surface area contributed by atoms with Crippen molar-refractivity contribution in [1.82, 2.24) is 15.2 Å². The predicted octanol–water partition coefficient (Wildman–Crippen LogP) is 3.33. The van der Waals surface area contributed by atoms with Crippen LogP contribution in [0.1, 0.15) is 53.4 Å². The van der Waals surface area contributed by atoms with Crippen LogP contribution in [0.5, 0.6) is 0 Å². The molecule has 3 rings (SSSR count). The highest BCUT2D eigenvalue weighted by molar-refractivity contribution is 9.10. The quantitative estimate of drug-likeness (QED) is 0.653. The summed E-state index contributed by atoms with van der Waals surface area (Å²) in [7, 11) is 0. The molecule has 3 N–H and O–H groups in total. The summed E-state index contributed by atoms with van der Waals surface area (Å²) in [5, 5.41) is 4.45. The molecule has 1 aliphatic carbocycles. The second-order valence-electron chi connectivity index (χ2n) is 5.47. The molecule has 4 nitrogen and oxygen atoms in total. The molecule has 0 aliphatic heterocycles. The predicted molar refractivity (Wildman–Crippen MR) is 85.8 cm³/mol. The minimum Gasteiger partial charge on any atom is -0.270 e. The second-order valence-corrected chi connectivity index (χ2v) is 7.49. The van der Waals surface area contributed by atoms with Crippen LogP contribution in [-0.2, 0) is 12.8 Å². The lowest BCUT2D eigenvalue weighted by molar-refractivity contribution is 0.477. The van der Waals surface area contributed by atoms with Crippen LogP contribution >= 0.6 is 27.3 Å². The number of hydrazine groups is 1. The normalized spacial score (nSPS) is 15.8. The first-order valence-corrected chi connectivity index (χ1v) is 8.53. The molecule has 0 saturated carbocycles. The molecule has 108 valence electrons. The number of nitrogens with one attached hydrogen (secondary N) is 1. The van der Waals surface area contributed by atoms with Gasteiger partial charge in [-0.15, -0.1) is 11.3 Å². The van der Waals surface area contributed by atoms with E-state index in [2.05, 4.69) is 46.4 Å². The van der Waals surface area contributed by atoms with Crippen molar-refractivity contribution in [2.75, 3.05) is 0 Å². The van der Waals surface area contributed by atoms with Gasteiger partial charge in [-0.2, -0.15) is 5.10 Å². The van der Waals surface area contributed by atoms with Crippen molar-refractivity contribution in [1.29, 1.82) is 0 Å². The van der Waals surface area contributed by atoms with E-state index < -0.39 is 0 Å². The molecular formula is C14H19BrN4S. The number of nitrogens with two attached hydrogens (primary N) is 1. The minimum atomic E-state index is -0.00937. The van der Waals surface area contributed by atoms with Crippen molar-refractivity contribution in [3.8, 4) is 0 Å². The Morgan fingerprint density at radius 2 is 2.25 bits per heavy atom. The Kier molecular flexibility index (Phi) is 3.99. The largest absolute Gasteiger partial charge is 0.270 e. The maximum atomic E-state index is 5.85. The highest BCUT2D eigenvalue weighted by Gasteiger charge is 2.26. The van der Waals surface area contributed by atoms with Gasteiger partial charge in [0.25, 0.3) is 0 Å². The first-order valence-electron chi connectivity index (χ1n) is 6.92. The molecule has 1 aliphatic rings. The van der Waals surface area contributed by atoms with Gasteiger partial charge in [0.15, 0.2) is 0 Å². The van der Waals surface area contributed by atoms with Gasteiger partial charge in [-0.3, -0.25) is 10.5 Å². The van der Waals surface area contributed by atoms with Crippen molar-refractivity contribution >= 4 is 27.3 Å². The fourth-order valence-electron chi connectivity index (χ4n) is 2.82. The molecule has 20 heavy (non-hydrogen) atoms. The molecule has 2 aromatic rings. The number of hydrogen-bond acceptors (Lipinski definition) is 4. The molecular weight excluding hydrogens is 336 g/mol. The molecule has 6 heteroatoms. The second kappa shape index (κ2) is 5.60. The number of nitrogens with zero attached hydrogens (tertiary/aromatic N) is 2. The van der Waals surface area contributed by atoms with Gasteiger partial charge in [0.2, 0.25) is 0 Å². The zero-order chi connectivity index (χ0) is 14.3. The molecule has 2 aromatic heterocycles. The van der Waals surface area contributed by atoms with Crippen LogP contribution in [0.15, 0.2) is 16.7 Å². The van der Waals surface area contributed by atoms with Crippen LogP contribution in [0.2, 0.25) is 0 Å². The van der Waals surface area contributed by atoms with Gasteiger partial charge in [-0.05, 0) is 60.7 Å². The van der Waals surface area contributed by atoms with Crippen molar-refractivity contribution in [3.63, 3.8) is 0 Å². The number of hydrogen-bond donors (Lipinski definition) is 2. The Balaban J connectivity index is 2.03. The summed E-state index contributed by atoms with van der Waals surface area (Å²) in [5.74, 6) is 5.85. The van der Waals surface area contributed by atoms with E-state index in [0.717, 1.165) is 10.2 Å². The summed E-state index contributed by atoms with van der Waals surface area (Å²) in [6.07, 6.45) is 5.55. The lowest BCUT2D eigenvalue weighted by atomic mass is 10.1.